The van der Waals surface area contributed by atoms with Crippen LogP contribution < -0.4 is 14.4 Å². The highest BCUT2D eigenvalue weighted by molar-refractivity contribution is 7.84. The molecule has 35 heavy (non-hydrogen) atoms. The van der Waals surface area contributed by atoms with Gasteiger partial charge in [0.25, 0.3) is 5.91 Å². The molecule has 2 heterocycles. The molecule has 3 aliphatic rings. The number of fused-ring (bicyclic) bond motifs is 2. The number of carbonyl (C=O) groups excluding carboxylic acids is 1. The third-order valence-corrected chi connectivity index (χ3v) is 9.93. The van der Waals surface area contributed by atoms with E-state index in [4.69, 9.17) is 4.74 Å². The van der Waals surface area contributed by atoms with Crippen molar-refractivity contribution in [3.05, 3.63) is 36.4 Å². The molecule has 2 aliphatic heterocycles. The lowest BCUT2D eigenvalue weighted by atomic mass is 9.65. The van der Waals surface area contributed by atoms with Crippen molar-refractivity contribution in [1.82, 2.24) is 4.72 Å². The minimum absolute atomic E-state index is 0.135. The predicted octanol–water partition coefficient (Wildman–Crippen LogP) is 3.63. The highest BCUT2D eigenvalue weighted by atomic mass is 32.2. The fraction of sp³-hybridized carbons (Fsp3) is 0.667. The Labute approximate surface area is 211 Å². The zero-order valence-corrected chi connectivity index (χ0v) is 21.7. The zero-order chi connectivity index (χ0) is 25.1. The van der Waals surface area contributed by atoms with Gasteiger partial charge < -0.3 is 19.8 Å². The molecule has 7 nitrogen and oxygen atoms in total. The minimum Gasteiger partial charge on any atom is -0.491 e. The van der Waals surface area contributed by atoms with E-state index >= 15 is 0 Å². The second-order valence-corrected chi connectivity index (χ2v) is 12.3. The van der Waals surface area contributed by atoms with Crippen LogP contribution in [-0.2, 0) is 11.0 Å². The molecular weight excluding hydrogens is 464 g/mol. The molecule has 3 N–H and O–H groups in total. The number of nitrogens with zero attached hydrogens (tertiary/aromatic N) is 1. The number of amides is 1. The smallest absolute Gasteiger partial charge is 0.263 e. The Morgan fingerprint density at radius 2 is 2.03 bits per heavy atom. The van der Waals surface area contributed by atoms with Gasteiger partial charge in [0.05, 0.1) is 17.5 Å². The van der Waals surface area contributed by atoms with Crippen LogP contribution in [0, 0.1) is 29.6 Å². The number of ether oxygens (including phenoxy) is 1. The lowest BCUT2D eigenvalue weighted by molar-refractivity contribution is -0.124. The number of hydrogen-bond donors (Lipinski definition) is 3. The SMILES string of the molecule is C=CCC1COc2ccc3cc2N(C1)CC1CCC1[C@H](C(O)O)CCCC(C)[C@H](C)S(=O)NC3=O. The van der Waals surface area contributed by atoms with Crippen LogP contribution in [0.4, 0.5) is 5.69 Å². The molecule has 194 valence electrons. The standard InChI is InChI=1S/C27H40N2O5S/c1-4-6-19-14-29-15-21-9-11-22(21)23(27(31)32)8-5-7-17(2)18(3)35(33)28-26(30)20-10-12-25(34-16-19)24(29)13-20/h4,10,12-13,17-19,21-23,27,31-32H,1,5-9,11,14-16H2,2-3H3,(H,28,30)/t17?,18-,19?,21?,22?,23+,35?/m0/s1. The largest absolute Gasteiger partial charge is 0.491 e. The van der Waals surface area contributed by atoms with Crippen LogP contribution >= 0.6 is 0 Å². The number of nitrogens with one attached hydrogen (secondary N) is 1. The van der Waals surface area contributed by atoms with E-state index in [2.05, 4.69) is 16.2 Å². The van der Waals surface area contributed by atoms with Crippen molar-refractivity contribution >= 4 is 22.6 Å². The Hall–Kier alpha value is -1.90. The van der Waals surface area contributed by atoms with Crippen LogP contribution in [0.3, 0.4) is 0 Å². The molecule has 7 atom stereocenters. The summed E-state index contributed by atoms with van der Waals surface area (Å²) in [5.41, 5.74) is 1.34. The number of benzene rings is 1. The summed E-state index contributed by atoms with van der Waals surface area (Å²) in [6, 6.07) is 5.42. The summed E-state index contributed by atoms with van der Waals surface area (Å²) in [5.74, 6) is 1.26. The average Bonchev–Trinajstić information content (AvgIpc) is 2.98. The first kappa shape index (κ1) is 26.2. The van der Waals surface area contributed by atoms with Gasteiger partial charge in [-0.2, -0.15) is 0 Å². The summed E-state index contributed by atoms with van der Waals surface area (Å²) >= 11 is 0. The monoisotopic (exact) mass is 504 g/mol. The number of carbonyl (C=O) groups is 1. The molecule has 0 aromatic heterocycles. The van der Waals surface area contributed by atoms with Gasteiger partial charge in [-0.05, 0) is 75.0 Å². The van der Waals surface area contributed by atoms with Crippen molar-refractivity contribution in [2.45, 2.75) is 63.9 Å². The lowest BCUT2D eigenvalue weighted by Gasteiger charge is -2.45. The Balaban J connectivity index is 1.69. The van der Waals surface area contributed by atoms with Crippen LogP contribution in [-0.4, -0.2) is 51.6 Å². The second-order valence-electron chi connectivity index (χ2n) is 10.7. The summed E-state index contributed by atoms with van der Waals surface area (Å²) in [5, 5.41) is 20.3. The van der Waals surface area contributed by atoms with E-state index < -0.39 is 17.3 Å². The molecular formula is C27H40N2O5S. The van der Waals surface area contributed by atoms with Gasteiger partial charge in [0.15, 0.2) is 6.29 Å². The van der Waals surface area contributed by atoms with Gasteiger partial charge >= 0.3 is 0 Å². The van der Waals surface area contributed by atoms with Crippen molar-refractivity contribution < 1.29 is 24.0 Å². The Bertz CT molecular complexity index is 938. The van der Waals surface area contributed by atoms with E-state index in [0.29, 0.717) is 18.1 Å². The number of aliphatic hydroxyl groups is 2. The van der Waals surface area contributed by atoms with Crippen LogP contribution in [0.1, 0.15) is 62.7 Å². The lowest BCUT2D eigenvalue weighted by Crippen LogP contribution is -2.45. The molecule has 2 bridgehead atoms. The first-order valence-corrected chi connectivity index (χ1v) is 14.2. The molecule has 0 radical (unpaired) electrons. The summed E-state index contributed by atoms with van der Waals surface area (Å²) in [6.07, 6.45) is 5.87. The van der Waals surface area contributed by atoms with Gasteiger partial charge in [0.1, 0.15) is 16.7 Å². The van der Waals surface area contributed by atoms with Gasteiger partial charge in [-0.15, -0.1) is 6.58 Å². The van der Waals surface area contributed by atoms with Crippen molar-refractivity contribution in [2.75, 3.05) is 24.6 Å². The van der Waals surface area contributed by atoms with Crippen molar-refractivity contribution in [3.8, 4) is 5.75 Å². The van der Waals surface area contributed by atoms with Crippen molar-refractivity contribution in [1.29, 1.82) is 0 Å². The summed E-state index contributed by atoms with van der Waals surface area (Å²) in [4.78, 5) is 15.3. The van der Waals surface area contributed by atoms with E-state index in [1.165, 1.54) is 0 Å². The Morgan fingerprint density at radius 1 is 1.23 bits per heavy atom. The first-order chi connectivity index (χ1) is 16.8. The number of rotatable bonds is 3. The van der Waals surface area contributed by atoms with Crippen LogP contribution in [0.15, 0.2) is 30.9 Å². The topological polar surface area (TPSA) is 99.1 Å². The van der Waals surface area contributed by atoms with Gasteiger partial charge in [-0.1, -0.05) is 19.4 Å². The summed E-state index contributed by atoms with van der Waals surface area (Å²) in [7, 11) is -1.51. The Morgan fingerprint density at radius 3 is 2.71 bits per heavy atom. The fourth-order valence-corrected chi connectivity index (χ4v) is 6.91. The number of allylic oxidation sites excluding steroid dienone is 1. The zero-order valence-electron chi connectivity index (χ0n) is 20.9. The maximum atomic E-state index is 13.0. The first-order valence-electron chi connectivity index (χ1n) is 13.0. The van der Waals surface area contributed by atoms with Crippen molar-refractivity contribution in [2.24, 2.45) is 29.6 Å². The van der Waals surface area contributed by atoms with E-state index in [1.54, 1.807) is 6.07 Å². The van der Waals surface area contributed by atoms with E-state index in [-0.39, 0.29) is 34.8 Å². The number of anilines is 1. The highest BCUT2D eigenvalue weighted by Crippen LogP contribution is 2.45. The molecule has 4 rings (SSSR count). The molecule has 1 aromatic rings. The highest BCUT2D eigenvalue weighted by Gasteiger charge is 2.41. The van der Waals surface area contributed by atoms with Gasteiger partial charge in [0.2, 0.25) is 0 Å². The molecule has 8 heteroatoms. The van der Waals surface area contributed by atoms with Gasteiger partial charge in [0, 0.05) is 30.5 Å². The van der Waals surface area contributed by atoms with Crippen molar-refractivity contribution in [3.63, 3.8) is 0 Å². The van der Waals surface area contributed by atoms with Crippen LogP contribution in [0.5, 0.6) is 5.75 Å². The quantitative estimate of drug-likeness (QED) is 0.430. The summed E-state index contributed by atoms with van der Waals surface area (Å²) < 4.78 is 21.8. The molecule has 1 fully saturated rings. The van der Waals surface area contributed by atoms with E-state index in [1.807, 2.05) is 32.1 Å². The maximum absolute atomic E-state index is 13.0. The average molecular weight is 505 g/mol. The number of aliphatic hydroxyl groups excluding tert-OH is 1. The molecule has 0 spiro atoms. The molecule has 1 aromatic carbocycles. The maximum Gasteiger partial charge on any atom is 0.263 e. The van der Waals surface area contributed by atoms with Crippen LogP contribution in [0.2, 0.25) is 0 Å². The van der Waals surface area contributed by atoms with Crippen LogP contribution in [0.25, 0.3) is 0 Å². The van der Waals surface area contributed by atoms with E-state index in [0.717, 1.165) is 63.1 Å². The normalized spacial score (nSPS) is 34.1. The molecule has 1 aliphatic carbocycles. The number of hydrogen-bond acceptors (Lipinski definition) is 6. The molecule has 1 saturated carbocycles. The minimum atomic E-state index is -1.51. The Kier molecular flexibility index (Phi) is 8.55. The fourth-order valence-electron chi connectivity index (χ4n) is 5.87. The summed E-state index contributed by atoms with van der Waals surface area (Å²) in [6.45, 7) is 9.98. The third-order valence-electron chi connectivity index (χ3n) is 8.41. The van der Waals surface area contributed by atoms with Gasteiger partial charge in [-0.25, -0.2) is 4.21 Å². The van der Waals surface area contributed by atoms with E-state index in [9.17, 15) is 19.2 Å². The predicted molar refractivity (Wildman–Crippen MR) is 138 cm³/mol. The van der Waals surface area contributed by atoms with Gasteiger partial charge in [-0.3, -0.25) is 9.52 Å². The third kappa shape index (κ3) is 5.92. The second kappa shape index (κ2) is 11.4. The molecule has 5 unspecified atom stereocenters. The molecule has 1 amide bonds. The molecule has 0 saturated heterocycles.